The molecule has 0 unspecified atom stereocenters. The lowest BCUT2D eigenvalue weighted by atomic mass is 10.9. The van der Waals surface area contributed by atoms with Gasteiger partial charge in [-0.25, -0.2) is 0 Å². The van der Waals surface area contributed by atoms with Crippen LogP contribution in [0.25, 0.3) is 0 Å². The van der Waals surface area contributed by atoms with Gasteiger partial charge in [0.1, 0.15) is 0 Å². The average Bonchev–Trinajstić information content (AvgIpc) is 2.69. The Morgan fingerprint density at radius 1 is 1.21 bits per heavy atom. The molecule has 0 bridgehead atoms. The topological polar surface area (TPSA) is 17.1 Å². The maximum atomic E-state index is 10.9. The van der Waals surface area contributed by atoms with Gasteiger partial charge in [-0.2, -0.15) is 0 Å². The molecule has 14 heavy (non-hydrogen) atoms. The second-order valence-corrected chi connectivity index (χ2v) is 8.09. The van der Waals surface area contributed by atoms with Gasteiger partial charge in [-0.05, 0) is 28.0 Å². The van der Waals surface area contributed by atoms with Crippen LogP contribution in [0.4, 0.5) is 0 Å². The molecule has 0 amide bonds. The molecule has 2 aliphatic heterocycles. The second kappa shape index (κ2) is 5.12. The fourth-order valence-corrected chi connectivity index (χ4v) is 6.43. The first kappa shape index (κ1) is 11.1. The van der Waals surface area contributed by atoms with E-state index >= 15 is 0 Å². The Balaban J connectivity index is 1.98. The van der Waals surface area contributed by atoms with E-state index in [0.29, 0.717) is 0 Å². The van der Waals surface area contributed by atoms with Crippen molar-refractivity contribution in [3.63, 3.8) is 0 Å². The molecule has 0 fully saturated rings. The summed E-state index contributed by atoms with van der Waals surface area (Å²) in [6, 6.07) is 0. The molecule has 0 spiro atoms. The van der Waals surface area contributed by atoms with Crippen LogP contribution in [-0.2, 0) is 4.79 Å². The van der Waals surface area contributed by atoms with Crippen molar-refractivity contribution in [3.8, 4) is 0 Å². The molecule has 0 aliphatic carbocycles. The second-order valence-electron chi connectivity index (χ2n) is 2.33. The largest absolute Gasteiger partial charge is 0.287 e. The normalized spacial score (nSPS) is 20.5. The summed E-state index contributed by atoms with van der Waals surface area (Å²) in [7, 11) is 0. The van der Waals surface area contributed by atoms with Gasteiger partial charge in [-0.3, -0.25) is 4.79 Å². The number of hydrogen-bond donors (Lipinski definition) is 0. The molecule has 0 aromatic rings. The fourth-order valence-electron chi connectivity index (χ4n) is 0.821. The summed E-state index contributed by atoms with van der Waals surface area (Å²) in [6.07, 6.45) is 0. The predicted octanol–water partition coefficient (Wildman–Crippen LogP) is 4.62. The minimum absolute atomic E-state index is 0.153. The van der Waals surface area contributed by atoms with Crippen LogP contribution < -0.4 is 0 Å². The first-order valence-electron chi connectivity index (χ1n) is 3.71. The number of thioether (sulfide) groups is 5. The highest BCUT2D eigenvalue weighted by Gasteiger charge is 2.19. The van der Waals surface area contributed by atoms with Gasteiger partial charge in [-0.1, -0.05) is 47.0 Å². The molecule has 0 saturated heterocycles. The molecule has 74 valence electrons. The summed E-state index contributed by atoms with van der Waals surface area (Å²) in [5, 5.41) is 6.38. The van der Waals surface area contributed by atoms with E-state index in [4.69, 9.17) is 0 Å². The molecule has 0 aromatic heterocycles. The molecular weight excluding hydrogens is 272 g/mol. The number of carbonyl (C=O) groups excluding carboxylic acids is 1. The average molecular weight is 278 g/mol. The van der Waals surface area contributed by atoms with Gasteiger partial charge in [0, 0.05) is 6.92 Å². The van der Waals surface area contributed by atoms with Crippen LogP contribution in [0.2, 0.25) is 0 Å². The van der Waals surface area contributed by atoms with Crippen LogP contribution in [0.15, 0.2) is 28.9 Å². The van der Waals surface area contributed by atoms with E-state index in [9.17, 15) is 4.79 Å². The lowest BCUT2D eigenvalue weighted by Crippen LogP contribution is -1.77. The minimum Gasteiger partial charge on any atom is -0.287 e. The van der Waals surface area contributed by atoms with Crippen LogP contribution in [0.3, 0.4) is 0 Å². The summed E-state index contributed by atoms with van der Waals surface area (Å²) in [4.78, 5) is 10.9. The van der Waals surface area contributed by atoms with Crippen molar-refractivity contribution in [2.75, 3.05) is 0 Å². The lowest BCUT2D eigenvalue weighted by Gasteiger charge is -2.00. The Morgan fingerprint density at radius 3 is 2.57 bits per heavy atom. The van der Waals surface area contributed by atoms with Crippen LogP contribution in [0.5, 0.6) is 0 Å². The van der Waals surface area contributed by atoms with Crippen LogP contribution in [0, 0.1) is 0 Å². The highest BCUT2D eigenvalue weighted by molar-refractivity contribution is 8.40. The smallest absolute Gasteiger partial charge is 0.191 e. The third-order valence-electron chi connectivity index (χ3n) is 1.27. The molecule has 6 heteroatoms. The zero-order valence-electron chi connectivity index (χ0n) is 7.18. The van der Waals surface area contributed by atoms with Crippen molar-refractivity contribution < 1.29 is 4.79 Å². The SMILES string of the molecule is CC(=O)SC1=CSC(=C2SC=CS2)S1. The zero-order valence-corrected chi connectivity index (χ0v) is 11.3. The maximum Gasteiger partial charge on any atom is 0.191 e. The lowest BCUT2D eigenvalue weighted by molar-refractivity contribution is -0.109. The van der Waals surface area contributed by atoms with Crippen LogP contribution in [-0.4, -0.2) is 5.12 Å². The summed E-state index contributed by atoms with van der Waals surface area (Å²) >= 11 is 8.24. The fraction of sp³-hybridized carbons (Fsp3) is 0.125. The van der Waals surface area contributed by atoms with Crippen molar-refractivity contribution in [1.29, 1.82) is 0 Å². The van der Waals surface area contributed by atoms with Gasteiger partial charge in [0.2, 0.25) is 0 Å². The Hall–Kier alpha value is 0.640. The molecule has 0 radical (unpaired) electrons. The van der Waals surface area contributed by atoms with E-state index in [-0.39, 0.29) is 5.12 Å². The Bertz CT molecular complexity index is 345. The first-order valence-corrected chi connectivity index (χ1v) is 7.98. The van der Waals surface area contributed by atoms with E-state index in [1.807, 2.05) is 0 Å². The zero-order chi connectivity index (χ0) is 9.97. The third-order valence-corrected chi connectivity index (χ3v) is 7.34. The molecule has 0 N–H and O–H groups in total. The quantitative estimate of drug-likeness (QED) is 0.691. The van der Waals surface area contributed by atoms with Crippen LogP contribution >= 0.6 is 58.8 Å². The Labute approximate surface area is 104 Å². The molecule has 2 rings (SSSR count). The first-order chi connectivity index (χ1) is 6.75. The van der Waals surface area contributed by atoms with Crippen molar-refractivity contribution >= 4 is 63.9 Å². The van der Waals surface area contributed by atoms with Crippen molar-refractivity contribution in [2.45, 2.75) is 6.92 Å². The van der Waals surface area contributed by atoms with Crippen molar-refractivity contribution in [1.82, 2.24) is 0 Å². The van der Waals surface area contributed by atoms with Gasteiger partial charge in [0.05, 0.1) is 12.7 Å². The van der Waals surface area contributed by atoms with Gasteiger partial charge in [0.15, 0.2) is 5.12 Å². The van der Waals surface area contributed by atoms with E-state index in [1.54, 1.807) is 54.0 Å². The van der Waals surface area contributed by atoms with Gasteiger partial charge in [-0.15, -0.1) is 0 Å². The standard InChI is InChI=1S/C8H6OS5/c1-5(9)13-6-4-12-8(14-6)7-10-2-3-11-7/h2-4H,1H3. The monoisotopic (exact) mass is 278 g/mol. The molecule has 2 aliphatic rings. The Kier molecular flexibility index (Phi) is 4.07. The van der Waals surface area contributed by atoms with Crippen molar-refractivity contribution in [3.05, 3.63) is 28.9 Å². The van der Waals surface area contributed by atoms with E-state index in [0.717, 1.165) is 4.24 Å². The molecular formula is C8H6OS5. The summed E-state index contributed by atoms with van der Waals surface area (Å²) in [5.74, 6) is 0. The van der Waals surface area contributed by atoms with Crippen LogP contribution in [0.1, 0.15) is 6.92 Å². The molecule has 1 nitrogen and oxygen atoms in total. The predicted molar refractivity (Wildman–Crippen MR) is 72.9 cm³/mol. The van der Waals surface area contributed by atoms with Gasteiger partial charge >= 0.3 is 0 Å². The summed E-state index contributed by atoms with van der Waals surface area (Å²) in [5.41, 5.74) is 0. The van der Waals surface area contributed by atoms with E-state index in [2.05, 4.69) is 16.2 Å². The number of rotatable bonds is 1. The highest BCUT2D eigenvalue weighted by Crippen LogP contribution is 2.55. The Morgan fingerprint density at radius 2 is 1.93 bits per heavy atom. The number of hydrogen-bond acceptors (Lipinski definition) is 6. The maximum absolute atomic E-state index is 10.9. The number of carbonyl (C=O) groups is 1. The molecule has 0 atom stereocenters. The molecule has 0 aromatic carbocycles. The molecule has 2 heterocycles. The van der Waals surface area contributed by atoms with Gasteiger partial charge < -0.3 is 0 Å². The summed E-state index contributed by atoms with van der Waals surface area (Å²) in [6.45, 7) is 1.60. The third kappa shape index (κ3) is 2.82. The van der Waals surface area contributed by atoms with Crippen molar-refractivity contribution in [2.24, 2.45) is 0 Å². The van der Waals surface area contributed by atoms with E-state index < -0.39 is 0 Å². The van der Waals surface area contributed by atoms with Gasteiger partial charge in [0.25, 0.3) is 0 Å². The minimum atomic E-state index is 0.153. The summed E-state index contributed by atoms with van der Waals surface area (Å²) < 4.78 is 3.72. The van der Waals surface area contributed by atoms with E-state index in [1.165, 1.54) is 20.2 Å². The molecule has 0 saturated carbocycles. The highest BCUT2D eigenvalue weighted by atomic mass is 32.2.